The summed E-state index contributed by atoms with van der Waals surface area (Å²) in [5.41, 5.74) is 5.20. The van der Waals surface area contributed by atoms with E-state index in [9.17, 15) is 5.11 Å². The topological polar surface area (TPSA) is 41.5 Å². The molecule has 0 spiro atoms. The Hall–Kier alpha value is -1.52. The molecule has 0 aromatic heterocycles. The number of phenolic OH excluding ortho intramolecular Hbond substituents is 1. The smallest absolute Gasteiger partial charge is 0.160 e. The first kappa shape index (κ1) is 14.1. The molecule has 1 aliphatic heterocycles. The molecule has 0 fully saturated rings. The van der Waals surface area contributed by atoms with E-state index in [0.29, 0.717) is 17.7 Å². The summed E-state index contributed by atoms with van der Waals surface area (Å²) in [6, 6.07) is 10.7. The highest BCUT2D eigenvalue weighted by molar-refractivity contribution is 9.10. The number of methoxy groups -OCH3 is 1. The summed E-state index contributed by atoms with van der Waals surface area (Å²) in [4.78, 5) is 0. The first-order chi connectivity index (χ1) is 10.7. The van der Waals surface area contributed by atoms with Crippen molar-refractivity contribution in [1.29, 1.82) is 0 Å². The number of halogens is 1. The van der Waals surface area contributed by atoms with Gasteiger partial charge in [-0.3, -0.25) is 0 Å². The molecule has 2 aromatic carbocycles. The quantitative estimate of drug-likeness (QED) is 0.815. The predicted octanol–water partition coefficient (Wildman–Crippen LogP) is 3.71. The average Bonchev–Trinajstić information content (AvgIpc) is 2.54. The van der Waals surface area contributed by atoms with Crippen molar-refractivity contribution in [3.05, 3.63) is 57.1 Å². The Balaban J connectivity index is 1.90. The molecule has 0 saturated heterocycles. The van der Waals surface area contributed by atoms with Gasteiger partial charge in [0.15, 0.2) is 11.5 Å². The molecular formula is C18H18BrNO2. The summed E-state index contributed by atoms with van der Waals surface area (Å²) in [6.45, 7) is 0.898. The van der Waals surface area contributed by atoms with Gasteiger partial charge in [0, 0.05) is 23.0 Å². The minimum atomic E-state index is 0.226. The maximum Gasteiger partial charge on any atom is 0.160 e. The largest absolute Gasteiger partial charge is 0.504 e. The number of hydrogen-bond donors (Lipinski definition) is 2. The highest BCUT2D eigenvalue weighted by atomic mass is 79.9. The Labute approximate surface area is 138 Å². The number of benzene rings is 2. The Morgan fingerprint density at radius 2 is 2.14 bits per heavy atom. The van der Waals surface area contributed by atoms with Crippen LogP contribution in [-0.2, 0) is 13.0 Å². The van der Waals surface area contributed by atoms with Crippen LogP contribution >= 0.6 is 15.9 Å². The van der Waals surface area contributed by atoms with Gasteiger partial charge in [-0.1, -0.05) is 28.1 Å². The van der Waals surface area contributed by atoms with E-state index in [2.05, 4.69) is 39.4 Å². The van der Waals surface area contributed by atoms with Crippen molar-refractivity contribution >= 4 is 15.9 Å². The van der Waals surface area contributed by atoms with Gasteiger partial charge in [0.25, 0.3) is 0 Å². The second-order valence-electron chi connectivity index (χ2n) is 6.03. The van der Waals surface area contributed by atoms with Crippen LogP contribution in [0.4, 0.5) is 0 Å². The van der Waals surface area contributed by atoms with Crippen molar-refractivity contribution < 1.29 is 9.84 Å². The molecule has 1 aliphatic carbocycles. The van der Waals surface area contributed by atoms with E-state index in [1.165, 1.54) is 22.3 Å². The van der Waals surface area contributed by atoms with Crippen molar-refractivity contribution in [2.24, 2.45) is 0 Å². The molecule has 0 unspecified atom stereocenters. The number of aryl methyl sites for hydroxylation is 1. The molecule has 22 heavy (non-hydrogen) atoms. The number of fused-ring (bicyclic) bond motifs is 5. The minimum Gasteiger partial charge on any atom is -0.504 e. The molecule has 3 nitrogen and oxygen atoms in total. The molecule has 4 rings (SSSR count). The van der Waals surface area contributed by atoms with Crippen LogP contribution in [0.3, 0.4) is 0 Å². The SMILES string of the molecule is COc1cc2c(cc1O)[C@H]1c3cccc(Br)c3CN[C@@H]1CC2. The van der Waals surface area contributed by atoms with Crippen LogP contribution in [-0.4, -0.2) is 18.3 Å². The second kappa shape index (κ2) is 5.28. The average molecular weight is 360 g/mol. The van der Waals surface area contributed by atoms with Crippen LogP contribution in [0.25, 0.3) is 0 Å². The highest BCUT2D eigenvalue weighted by Gasteiger charge is 2.36. The van der Waals surface area contributed by atoms with Crippen LogP contribution in [0, 0.1) is 0 Å². The molecule has 2 aromatic rings. The third kappa shape index (κ3) is 2.05. The van der Waals surface area contributed by atoms with Gasteiger partial charge in [-0.2, -0.15) is 0 Å². The second-order valence-corrected chi connectivity index (χ2v) is 6.89. The summed E-state index contributed by atoms with van der Waals surface area (Å²) in [5, 5.41) is 13.9. The third-order valence-electron chi connectivity index (χ3n) is 4.93. The van der Waals surface area contributed by atoms with Crippen LogP contribution < -0.4 is 10.1 Å². The molecule has 0 saturated carbocycles. The molecule has 2 aliphatic rings. The Morgan fingerprint density at radius 3 is 2.95 bits per heavy atom. The number of rotatable bonds is 1. The van der Waals surface area contributed by atoms with Crippen LogP contribution in [0.1, 0.15) is 34.6 Å². The fourth-order valence-electron chi connectivity index (χ4n) is 3.88. The predicted molar refractivity (Wildman–Crippen MR) is 89.6 cm³/mol. The maximum absolute atomic E-state index is 10.2. The van der Waals surface area contributed by atoms with Gasteiger partial charge in [-0.15, -0.1) is 0 Å². The lowest BCUT2D eigenvalue weighted by Crippen LogP contribution is -2.42. The van der Waals surface area contributed by atoms with Gasteiger partial charge in [0.05, 0.1) is 7.11 Å². The fourth-order valence-corrected chi connectivity index (χ4v) is 4.40. The molecule has 2 atom stereocenters. The van der Waals surface area contributed by atoms with E-state index in [1.807, 2.05) is 12.1 Å². The molecule has 114 valence electrons. The summed E-state index contributed by atoms with van der Waals surface area (Å²) in [6.07, 6.45) is 2.13. The third-order valence-corrected chi connectivity index (χ3v) is 5.68. The van der Waals surface area contributed by atoms with E-state index in [-0.39, 0.29) is 5.75 Å². The van der Waals surface area contributed by atoms with Gasteiger partial charge >= 0.3 is 0 Å². The normalized spacial score (nSPS) is 22.5. The Kier molecular flexibility index (Phi) is 3.39. The monoisotopic (exact) mass is 359 g/mol. The van der Waals surface area contributed by atoms with E-state index in [0.717, 1.165) is 23.9 Å². The van der Waals surface area contributed by atoms with Gasteiger partial charge in [-0.05, 0) is 53.3 Å². The van der Waals surface area contributed by atoms with Gasteiger partial charge in [0.2, 0.25) is 0 Å². The molecular weight excluding hydrogens is 342 g/mol. The van der Waals surface area contributed by atoms with Crippen molar-refractivity contribution in [3.63, 3.8) is 0 Å². The van der Waals surface area contributed by atoms with Gasteiger partial charge in [-0.25, -0.2) is 0 Å². The number of aromatic hydroxyl groups is 1. The Morgan fingerprint density at radius 1 is 1.27 bits per heavy atom. The molecule has 4 heteroatoms. The zero-order chi connectivity index (χ0) is 15.3. The standard InChI is InChI=1S/C18H18BrNO2/c1-22-17-7-10-5-6-15-18(12(10)8-16(17)21)11-3-2-4-14(19)13(11)9-20-15/h2-4,7-8,15,18,20-21H,5-6,9H2,1H3/t15-,18-/m1/s1. The molecule has 2 N–H and O–H groups in total. The lowest BCUT2D eigenvalue weighted by molar-refractivity contribution is 0.364. The Bertz CT molecular complexity index is 744. The highest BCUT2D eigenvalue weighted by Crippen LogP contribution is 2.45. The van der Waals surface area contributed by atoms with Crippen LogP contribution in [0.2, 0.25) is 0 Å². The first-order valence-electron chi connectivity index (χ1n) is 7.59. The summed E-state index contributed by atoms with van der Waals surface area (Å²) in [5.74, 6) is 1.08. The van der Waals surface area contributed by atoms with Crippen molar-refractivity contribution in [3.8, 4) is 11.5 Å². The molecule has 0 amide bonds. The fraction of sp³-hybridized carbons (Fsp3) is 0.333. The summed E-state index contributed by atoms with van der Waals surface area (Å²) in [7, 11) is 1.60. The number of hydrogen-bond acceptors (Lipinski definition) is 3. The number of phenols is 1. The summed E-state index contributed by atoms with van der Waals surface area (Å²) < 4.78 is 6.42. The molecule has 0 bridgehead atoms. The van der Waals surface area contributed by atoms with Crippen molar-refractivity contribution in [2.45, 2.75) is 31.3 Å². The van der Waals surface area contributed by atoms with E-state index in [4.69, 9.17) is 4.74 Å². The first-order valence-corrected chi connectivity index (χ1v) is 8.38. The van der Waals surface area contributed by atoms with Crippen LogP contribution in [0.15, 0.2) is 34.8 Å². The zero-order valence-electron chi connectivity index (χ0n) is 12.4. The van der Waals surface area contributed by atoms with Crippen molar-refractivity contribution in [1.82, 2.24) is 5.32 Å². The number of ether oxygens (including phenoxy) is 1. The van der Waals surface area contributed by atoms with E-state index < -0.39 is 0 Å². The van der Waals surface area contributed by atoms with Gasteiger partial charge < -0.3 is 15.2 Å². The van der Waals surface area contributed by atoms with Crippen LogP contribution in [0.5, 0.6) is 11.5 Å². The lowest BCUT2D eigenvalue weighted by Gasteiger charge is -2.40. The molecule has 0 radical (unpaired) electrons. The minimum absolute atomic E-state index is 0.226. The molecule has 1 heterocycles. The van der Waals surface area contributed by atoms with Crippen molar-refractivity contribution in [2.75, 3.05) is 7.11 Å². The zero-order valence-corrected chi connectivity index (χ0v) is 14.0. The summed E-state index contributed by atoms with van der Waals surface area (Å²) >= 11 is 3.67. The maximum atomic E-state index is 10.2. The van der Waals surface area contributed by atoms with E-state index >= 15 is 0 Å². The lowest BCUT2D eigenvalue weighted by atomic mass is 9.72. The van der Waals surface area contributed by atoms with E-state index in [1.54, 1.807) is 7.11 Å². The van der Waals surface area contributed by atoms with Gasteiger partial charge in [0.1, 0.15) is 0 Å². The number of nitrogens with one attached hydrogen (secondary N) is 1.